The van der Waals surface area contributed by atoms with Crippen molar-refractivity contribution in [3.63, 3.8) is 0 Å². The first-order valence-corrected chi connectivity index (χ1v) is 6.42. The maximum absolute atomic E-state index is 11.8. The van der Waals surface area contributed by atoms with Crippen LogP contribution in [0.3, 0.4) is 0 Å². The van der Waals surface area contributed by atoms with Crippen LogP contribution in [0.2, 0.25) is 0 Å². The molecule has 6 heteroatoms. The lowest BCUT2D eigenvalue weighted by molar-refractivity contribution is -0.174. The second-order valence-electron chi connectivity index (χ2n) is 5.46. The molecule has 19 heavy (non-hydrogen) atoms. The minimum absolute atomic E-state index is 0.433. The fourth-order valence-electron chi connectivity index (χ4n) is 1.29. The molecule has 0 bridgehead atoms. The van der Waals surface area contributed by atoms with Crippen molar-refractivity contribution in [1.82, 2.24) is 4.90 Å². The number of nitrogens with zero attached hydrogens (tertiary/aromatic N) is 1. The molecule has 0 saturated carbocycles. The molecular weight excluding hydrogens is 250 g/mol. The Morgan fingerprint density at radius 1 is 1.32 bits per heavy atom. The predicted octanol–water partition coefficient (Wildman–Crippen LogP) is 2.47. The number of hydrogen-bond acceptors (Lipinski definition) is 4. The number of hydrogen-bond donors (Lipinski definition) is 1. The van der Waals surface area contributed by atoms with E-state index in [-0.39, 0.29) is 0 Å². The van der Waals surface area contributed by atoms with Crippen LogP contribution in [0.5, 0.6) is 0 Å². The monoisotopic (exact) mass is 275 g/mol. The van der Waals surface area contributed by atoms with Crippen molar-refractivity contribution in [3.8, 4) is 0 Å². The molecule has 0 spiro atoms. The highest BCUT2D eigenvalue weighted by Crippen LogP contribution is 2.16. The normalized spacial score (nSPS) is 14.6. The summed E-state index contributed by atoms with van der Waals surface area (Å²) in [5.41, 5.74) is -0.433. The Morgan fingerprint density at radius 2 is 1.84 bits per heavy atom. The van der Waals surface area contributed by atoms with E-state index in [1.807, 2.05) is 27.7 Å². The van der Waals surface area contributed by atoms with Crippen LogP contribution in [0.4, 0.5) is 4.79 Å². The summed E-state index contributed by atoms with van der Waals surface area (Å²) in [7, 11) is 1.39. The Balaban J connectivity index is 4.58. The second-order valence-corrected chi connectivity index (χ2v) is 5.46. The van der Waals surface area contributed by atoms with E-state index >= 15 is 0 Å². The SMILES string of the molecule is CCCC(OC(=O)N(C)C(C)C(=O)O)OC(C)(C)C. The lowest BCUT2D eigenvalue weighted by atomic mass is 10.2. The zero-order valence-electron chi connectivity index (χ0n) is 12.6. The molecule has 0 aliphatic heterocycles. The molecular formula is C13H25NO5. The third kappa shape index (κ3) is 7.00. The summed E-state index contributed by atoms with van der Waals surface area (Å²) in [6.45, 7) is 8.98. The van der Waals surface area contributed by atoms with Crippen LogP contribution in [-0.4, -0.2) is 47.0 Å². The molecule has 1 amide bonds. The molecule has 2 unspecified atom stereocenters. The van der Waals surface area contributed by atoms with Gasteiger partial charge < -0.3 is 14.6 Å². The van der Waals surface area contributed by atoms with Crippen LogP contribution >= 0.6 is 0 Å². The summed E-state index contributed by atoms with van der Waals surface area (Å²) in [5.74, 6) is -1.08. The third-order valence-electron chi connectivity index (χ3n) is 2.47. The molecule has 0 aromatic heterocycles. The summed E-state index contributed by atoms with van der Waals surface area (Å²) >= 11 is 0. The topological polar surface area (TPSA) is 76.1 Å². The molecule has 112 valence electrons. The molecule has 1 N–H and O–H groups in total. The van der Waals surface area contributed by atoms with E-state index in [1.54, 1.807) is 0 Å². The lowest BCUT2D eigenvalue weighted by Crippen LogP contribution is -2.43. The van der Waals surface area contributed by atoms with Crippen LogP contribution in [0.25, 0.3) is 0 Å². The minimum Gasteiger partial charge on any atom is -0.480 e. The van der Waals surface area contributed by atoms with Gasteiger partial charge >= 0.3 is 12.1 Å². The number of aliphatic carboxylic acids is 1. The molecule has 0 aliphatic carbocycles. The Morgan fingerprint density at radius 3 is 2.21 bits per heavy atom. The molecule has 0 aromatic carbocycles. The van der Waals surface area contributed by atoms with E-state index in [9.17, 15) is 9.59 Å². The standard InChI is InChI=1S/C13H25NO5/c1-7-8-10(19-13(3,4)5)18-12(17)14(6)9(2)11(15)16/h9-10H,7-8H2,1-6H3,(H,15,16). The quantitative estimate of drug-likeness (QED) is 0.754. The van der Waals surface area contributed by atoms with Crippen LogP contribution in [0.15, 0.2) is 0 Å². The second kappa shape index (κ2) is 7.33. The Labute approximate surface area is 114 Å². The Hall–Kier alpha value is -1.30. The molecule has 6 nitrogen and oxygen atoms in total. The first-order valence-electron chi connectivity index (χ1n) is 6.42. The van der Waals surface area contributed by atoms with Gasteiger partial charge in [-0.05, 0) is 27.7 Å². The predicted molar refractivity (Wildman–Crippen MR) is 70.9 cm³/mol. The van der Waals surface area contributed by atoms with Crippen molar-refractivity contribution in [2.75, 3.05) is 7.05 Å². The van der Waals surface area contributed by atoms with Gasteiger partial charge in [-0.15, -0.1) is 0 Å². The molecule has 0 heterocycles. The van der Waals surface area contributed by atoms with Gasteiger partial charge in [0.2, 0.25) is 6.29 Å². The largest absolute Gasteiger partial charge is 0.480 e. The lowest BCUT2D eigenvalue weighted by Gasteiger charge is -2.29. The van der Waals surface area contributed by atoms with Crippen molar-refractivity contribution in [1.29, 1.82) is 0 Å². The highest BCUT2D eigenvalue weighted by atomic mass is 16.7. The number of rotatable bonds is 6. The van der Waals surface area contributed by atoms with Gasteiger partial charge in [0.05, 0.1) is 5.60 Å². The first kappa shape index (κ1) is 17.7. The molecule has 0 radical (unpaired) electrons. The van der Waals surface area contributed by atoms with E-state index in [0.29, 0.717) is 6.42 Å². The number of carbonyl (C=O) groups excluding carboxylic acids is 1. The number of likely N-dealkylation sites (N-methyl/N-ethyl adjacent to an activating group) is 1. The minimum atomic E-state index is -1.08. The van der Waals surface area contributed by atoms with Gasteiger partial charge in [-0.1, -0.05) is 13.3 Å². The zero-order valence-corrected chi connectivity index (χ0v) is 12.6. The average Bonchev–Trinajstić information content (AvgIpc) is 2.24. The molecule has 2 atom stereocenters. The van der Waals surface area contributed by atoms with Crippen LogP contribution < -0.4 is 0 Å². The van der Waals surface area contributed by atoms with Gasteiger partial charge in [0, 0.05) is 13.5 Å². The summed E-state index contributed by atoms with van der Waals surface area (Å²) in [6.07, 6.45) is 0.00314. The number of carboxylic acids is 1. The van der Waals surface area contributed by atoms with Gasteiger partial charge in [0.25, 0.3) is 0 Å². The highest BCUT2D eigenvalue weighted by Gasteiger charge is 2.27. The molecule has 0 aromatic rings. The van der Waals surface area contributed by atoms with Crippen LogP contribution in [-0.2, 0) is 14.3 Å². The fraction of sp³-hybridized carbons (Fsp3) is 0.846. The Kier molecular flexibility index (Phi) is 6.83. The Bertz CT molecular complexity index is 311. The summed E-state index contributed by atoms with van der Waals surface area (Å²) in [4.78, 5) is 23.7. The van der Waals surface area contributed by atoms with Crippen molar-refractivity contribution in [2.24, 2.45) is 0 Å². The zero-order chi connectivity index (χ0) is 15.2. The maximum Gasteiger partial charge on any atom is 0.412 e. The summed E-state index contributed by atoms with van der Waals surface area (Å²) in [6, 6.07) is -0.940. The average molecular weight is 275 g/mol. The van der Waals surface area contributed by atoms with Crippen molar-refractivity contribution >= 4 is 12.1 Å². The van der Waals surface area contributed by atoms with E-state index in [0.717, 1.165) is 11.3 Å². The molecule has 0 saturated heterocycles. The number of ether oxygens (including phenoxy) is 2. The number of carbonyl (C=O) groups is 2. The summed E-state index contributed by atoms with van der Waals surface area (Å²) < 4.78 is 10.8. The van der Waals surface area contributed by atoms with E-state index in [2.05, 4.69) is 0 Å². The molecule has 0 fully saturated rings. The van der Waals surface area contributed by atoms with Crippen LogP contribution in [0, 0.1) is 0 Å². The fourth-order valence-corrected chi connectivity index (χ4v) is 1.29. The summed E-state index contributed by atoms with van der Waals surface area (Å²) in [5, 5.41) is 8.84. The van der Waals surface area contributed by atoms with Gasteiger partial charge in [-0.3, -0.25) is 4.90 Å². The smallest absolute Gasteiger partial charge is 0.412 e. The van der Waals surface area contributed by atoms with E-state index in [4.69, 9.17) is 14.6 Å². The third-order valence-corrected chi connectivity index (χ3v) is 2.47. The van der Waals surface area contributed by atoms with Crippen LogP contribution in [0.1, 0.15) is 47.5 Å². The van der Waals surface area contributed by atoms with Crippen molar-refractivity contribution in [2.45, 2.75) is 65.4 Å². The number of carboxylic acid groups (broad SMARTS) is 1. The van der Waals surface area contributed by atoms with E-state index < -0.39 is 30.0 Å². The van der Waals surface area contributed by atoms with Gasteiger partial charge in [0.1, 0.15) is 6.04 Å². The first-order chi connectivity index (χ1) is 8.58. The number of amides is 1. The van der Waals surface area contributed by atoms with Crippen molar-refractivity contribution in [3.05, 3.63) is 0 Å². The maximum atomic E-state index is 11.8. The van der Waals surface area contributed by atoms with Gasteiger partial charge in [0.15, 0.2) is 0 Å². The van der Waals surface area contributed by atoms with Gasteiger partial charge in [-0.25, -0.2) is 9.59 Å². The molecule has 0 rings (SSSR count). The molecule has 0 aliphatic rings. The van der Waals surface area contributed by atoms with Gasteiger partial charge in [-0.2, -0.15) is 0 Å². The van der Waals surface area contributed by atoms with E-state index in [1.165, 1.54) is 14.0 Å². The highest BCUT2D eigenvalue weighted by molar-refractivity contribution is 5.79. The van der Waals surface area contributed by atoms with Crippen molar-refractivity contribution < 1.29 is 24.2 Å².